The van der Waals surface area contributed by atoms with Crippen molar-refractivity contribution in [1.29, 1.82) is 0 Å². The molecule has 0 aromatic carbocycles. The van der Waals surface area contributed by atoms with Gasteiger partial charge in [-0.2, -0.15) is 0 Å². The SMILES string of the molecule is CCC(C)CCCCCCCCCCCCCCCCCCCCC(=O)OC[C@H](COP(=O)(O)OCC(O)COP(=O)(O)OC[C@@H](COC(=O)CCCCCCCCCCC(C)C)OC(=O)CCCCCCCCCC(C)C)OC(=O)CCCCCCCCCCC(C)C. The Morgan fingerprint density at radius 2 is 0.511 bits per heavy atom. The number of hydrogen-bond acceptors (Lipinski definition) is 15. The first-order valence-electron chi connectivity index (χ1n) is 38.7. The fraction of sp³-hybridized carbons (Fsp3) is 0.947. The van der Waals surface area contributed by atoms with Crippen molar-refractivity contribution in [2.45, 2.75) is 395 Å². The topological polar surface area (TPSA) is 237 Å². The van der Waals surface area contributed by atoms with Crippen LogP contribution in [0.25, 0.3) is 0 Å². The Balaban J connectivity index is 5.13. The first kappa shape index (κ1) is 92.1. The molecular weight excluding hydrogens is 1230 g/mol. The Morgan fingerprint density at radius 1 is 0.298 bits per heavy atom. The van der Waals surface area contributed by atoms with Gasteiger partial charge in [-0.05, 0) is 49.4 Å². The lowest BCUT2D eigenvalue weighted by atomic mass is 9.99. The molecule has 0 aliphatic rings. The van der Waals surface area contributed by atoms with Crippen LogP contribution in [0.1, 0.15) is 376 Å². The van der Waals surface area contributed by atoms with E-state index in [0.29, 0.717) is 31.6 Å². The number of rotatable bonds is 72. The second kappa shape index (κ2) is 64.4. The highest BCUT2D eigenvalue weighted by Gasteiger charge is 2.30. The summed E-state index contributed by atoms with van der Waals surface area (Å²) in [6.45, 7) is 14.1. The number of phosphoric acid groups is 2. The van der Waals surface area contributed by atoms with Crippen LogP contribution in [-0.4, -0.2) is 96.7 Å². The van der Waals surface area contributed by atoms with Crippen LogP contribution in [0.15, 0.2) is 0 Å². The van der Waals surface area contributed by atoms with E-state index in [9.17, 15) is 43.2 Å². The number of ether oxygens (including phenoxy) is 4. The number of carbonyl (C=O) groups excluding carboxylic acids is 4. The van der Waals surface area contributed by atoms with Crippen LogP contribution < -0.4 is 0 Å². The van der Waals surface area contributed by atoms with Gasteiger partial charge in [0.1, 0.15) is 19.3 Å². The molecule has 0 aliphatic carbocycles. The Morgan fingerprint density at radius 3 is 0.755 bits per heavy atom. The molecule has 0 rings (SSSR count). The lowest BCUT2D eigenvalue weighted by Crippen LogP contribution is -2.30. The summed E-state index contributed by atoms with van der Waals surface area (Å²) in [5.74, 6) is 0.886. The van der Waals surface area contributed by atoms with Crippen LogP contribution in [0.2, 0.25) is 0 Å². The molecule has 17 nitrogen and oxygen atoms in total. The maximum Gasteiger partial charge on any atom is 0.472 e. The highest BCUT2D eigenvalue weighted by atomic mass is 31.2. The normalized spacial score (nSPS) is 14.4. The molecule has 0 spiro atoms. The molecule has 0 saturated carbocycles. The third-order valence-corrected chi connectivity index (χ3v) is 19.6. The van der Waals surface area contributed by atoms with E-state index in [1.54, 1.807) is 0 Å². The van der Waals surface area contributed by atoms with Gasteiger partial charge in [0.25, 0.3) is 0 Å². The molecule has 558 valence electrons. The molecule has 0 aromatic rings. The highest BCUT2D eigenvalue weighted by Crippen LogP contribution is 2.45. The summed E-state index contributed by atoms with van der Waals surface area (Å²) in [5.41, 5.74) is 0. The second-order valence-electron chi connectivity index (χ2n) is 28.7. The lowest BCUT2D eigenvalue weighted by molar-refractivity contribution is -0.161. The zero-order valence-electron chi connectivity index (χ0n) is 61.6. The molecule has 19 heteroatoms. The van der Waals surface area contributed by atoms with Crippen molar-refractivity contribution in [3.63, 3.8) is 0 Å². The number of phosphoric ester groups is 2. The number of aliphatic hydroxyl groups excluding tert-OH is 1. The second-order valence-corrected chi connectivity index (χ2v) is 31.6. The number of esters is 4. The number of carbonyl (C=O) groups is 4. The summed E-state index contributed by atoms with van der Waals surface area (Å²) >= 11 is 0. The molecular formula is C75H146O17P2. The maximum absolute atomic E-state index is 13.0. The number of hydrogen-bond donors (Lipinski definition) is 3. The van der Waals surface area contributed by atoms with E-state index in [0.717, 1.165) is 108 Å². The van der Waals surface area contributed by atoms with Gasteiger partial charge >= 0.3 is 39.5 Å². The molecule has 4 unspecified atom stereocenters. The van der Waals surface area contributed by atoms with E-state index in [1.165, 1.54) is 180 Å². The van der Waals surface area contributed by atoms with Gasteiger partial charge in [0.2, 0.25) is 0 Å². The van der Waals surface area contributed by atoms with E-state index < -0.39 is 97.5 Å². The van der Waals surface area contributed by atoms with E-state index in [2.05, 4.69) is 55.4 Å². The highest BCUT2D eigenvalue weighted by molar-refractivity contribution is 7.47. The van der Waals surface area contributed by atoms with Crippen LogP contribution in [0.4, 0.5) is 0 Å². The Bertz CT molecular complexity index is 1850. The predicted molar refractivity (Wildman–Crippen MR) is 381 cm³/mol. The van der Waals surface area contributed by atoms with Crippen molar-refractivity contribution >= 4 is 39.5 Å². The molecule has 94 heavy (non-hydrogen) atoms. The van der Waals surface area contributed by atoms with Gasteiger partial charge in [0.05, 0.1) is 26.4 Å². The van der Waals surface area contributed by atoms with E-state index in [-0.39, 0.29) is 25.7 Å². The predicted octanol–water partition coefficient (Wildman–Crippen LogP) is 21.7. The molecule has 0 bridgehead atoms. The Hall–Kier alpha value is -1.94. The zero-order chi connectivity index (χ0) is 69.6. The Labute approximate surface area is 575 Å². The molecule has 0 fully saturated rings. The van der Waals surface area contributed by atoms with Crippen molar-refractivity contribution in [2.75, 3.05) is 39.6 Å². The van der Waals surface area contributed by atoms with E-state index in [1.807, 2.05) is 0 Å². The molecule has 0 heterocycles. The molecule has 6 atom stereocenters. The van der Waals surface area contributed by atoms with Crippen LogP contribution in [0.5, 0.6) is 0 Å². The molecule has 0 aromatic heterocycles. The minimum atomic E-state index is -4.96. The van der Waals surface area contributed by atoms with Crippen molar-refractivity contribution in [3.05, 3.63) is 0 Å². The summed E-state index contributed by atoms with van der Waals surface area (Å²) in [6, 6.07) is 0. The summed E-state index contributed by atoms with van der Waals surface area (Å²) in [6.07, 6.45) is 48.9. The quantitative estimate of drug-likeness (QED) is 0.0222. The van der Waals surface area contributed by atoms with Gasteiger partial charge in [-0.1, -0.05) is 325 Å². The average Bonchev–Trinajstić information content (AvgIpc) is 1.24. The van der Waals surface area contributed by atoms with E-state index >= 15 is 0 Å². The first-order chi connectivity index (χ1) is 45.1. The van der Waals surface area contributed by atoms with Crippen LogP contribution >= 0.6 is 15.6 Å². The smallest absolute Gasteiger partial charge is 0.462 e. The van der Waals surface area contributed by atoms with Crippen molar-refractivity contribution in [3.8, 4) is 0 Å². The molecule has 0 aliphatic heterocycles. The summed E-state index contributed by atoms with van der Waals surface area (Å²) < 4.78 is 68.4. The fourth-order valence-corrected chi connectivity index (χ4v) is 12.9. The lowest BCUT2D eigenvalue weighted by Gasteiger charge is -2.21. The van der Waals surface area contributed by atoms with Gasteiger partial charge in [-0.15, -0.1) is 0 Å². The molecule has 0 radical (unpaired) electrons. The minimum Gasteiger partial charge on any atom is -0.462 e. The third kappa shape index (κ3) is 67.3. The standard InChI is InChI=1S/C75H146O17P2/c1-9-68(8)54-46-38-30-20-18-16-14-12-10-11-13-15-17-19-21-31-39-47-55-72(77)85-61-70(91-74(79)57-49-41-33-25-23-28-36-44-52-66(4)5)63-89-93(81,82)87-59-69(76)60-88-94(83,84)90-64-71(92-75(80)58-50-42-34-26-29-37-45-53-67(6)7)62-86-73(78)56-48-40-32-24-22-27-35-43-51-65(2)3/h65-71,76H,9-64H2,1-8H3,(H,81,82)(H,83,84)/t68?,69?,70-,71-/m1/s1. The molecule has 0 saturated heterocycles. The number of aliphatic hydroxyl groups is 1. The monoisotopic (exact) mass is 1380 g/mol. The van der Waals surface area contributed by atoms with Gasteiger partial charge in [0, 0.05) is 25.7 Å². The third-order valence-electron chi connectivity index (χ3n) is 17.7. The van der Waals surface area contributed by atoms with Crippen molar-refractivity contribution in [2.24, 2.45) is 23.7 Å². The van der Waals surface area contributed by atoms with Crippen LogP contribution in [-0.2, 0) is 65.4 Å². The Kier molecular flexibility index (Phi) is 63.1. The van der Waals surface area contributed by atoms with Crippen LogP contribution in [0, 0.1) is 23.7 Å². The maximum atomic E-state index is 13.0. The first-order valence-corrected chi connectivity index (χ1v) is 41.7. The molecule has 3 N–H and O–H groups in total. The van der Waals surface area contributed by atoms with Gasteiger partial charge < -0.3 is 33.8 Å². The molecule has 0 amide bonds. The van der Waals surface area contributed by atoms with Crippen LogP contribution in [0.3, 0.4) is 0 Å². The van der Waals surface area contributed by atoms with E-state index in [4.69, 9.17) is 37.0 Å². The van der Waals surface area contributed by atoms with Crippen molar-refractivity contribution in [1.82, 2.24) is 0 Å². The zero-order valence-corrected chi connectivity index (χ0v) is 63.4. The fourth-order valence-electron chi connectivity index (χ4n) is 11.3. The largest absolute Gasteiger partial charge is 0.472 e. The number of unbranched alkanes of at least 4 members (excludes halogenated alkanes) is 37. The summed E-state index contributed by atoms with van der Waals surface area (Å²) in [5, 5.41) is 10.6. The average molecular weight is 1380 g/mol. The van der Waals surface area contributed by atoms with Crippen molar-refractivity contribution < 1.29 is 80.2 Å². The summed E-state index contributed by atoms with van der Waals surface area (Å²) in [4.78, 5) is 72.6. The minimum absolute atomic E-state index is 0.102. The van der Waals surface area contributed by atoms with Gasteiger partial charge in [-0.3, -0.25) is 37.3 Å². The van der Waals surface area contributed by atoms with Gasteiger partial charge in [0.15, 0.2) is 12.2 Å². The van der Waals surface area contributed by atoms with Gasteiger partial charge in [-0.25, -0.2) is 9.13 Å². The summed E-state index contributed by atoms with van der Waals surface area (Å²) in [7, 11) is -9.91.